The van der Waals surface area contributed by atoms with E-state index in [0.717, 1.165) is 5.69 Å². The number of hydrogen-bond donors (Lipinski definition) is 1. The predicted octanol–water partition coefficient (Wildman–Crippen LogP) is 0.392. The molecule has 2 N–H and O–H groups in total. The van der Waals surface area contributed by atoms with E-state index in [1.54, 1.807) is 32.4 Å². The minimum absolute atomic E-state index is 0.118. The van der Waals surface area contributed by atoms with Crippen molar-refractivity contribution in [2.24, 2.45) is 5.73 Å². The van der Waals surface area contributed by atoms with Crippen molar-refractivity contribution >= 4 is 11.6 Å². The molecule has 0 saturated carbocycles. The van der Waals surface area contributed by atoms with Crippen LogP contribution in [0.4, 0.5) is 5.69 Å². The van der Waals surface area contributed by atoms with Gasteiger partial charge in [-0.25, -0.2) is 0 Å². The molecule has 0 fully saturated rings. The van der Waals surface area contributed by atoms with E-state index in [1.807, 2.05) is 6.07 Å². The number of hydrogen-bond acceptors (Lipinski definition) is 3. The lowest BCUT2D eigenvalue weighted by Crippen LogP contribution is -2.39. The molecule has 70 valence electrons. The first kappa shape index (κ1) is 9.67. The number of amides is 1. The summed E-state index contributed by atoms with van der Waals surface area (Å²) in [7, 11) is 1.68. The van der Waals surface area contributed by atoms with E-state index >= 15 is 0 Å². The maximum absolute atomic E-state index is 11.4. The van der Waals surface area contributed by atoms with Crippen LogP contribution in [0, 0.1) is 0 Å². The third kappa shape index (κ3) is 2.26. The SMILES string of the molecule is C[C@H](N)C(=O)N(C)c1cccnc1. The summed E-state index contributed by atoms with van der Waals surface area (Å²) in [5, 5.41) is 0. The molecular weight excluding hydrogens is 166 g/mol. The van der Waals surface area contributed by atoms with Crippen LogP contribution >= 0.6 is 0 Å². The Kier molecular flexibility index (Phi) is 2.97. The maximum atomic E-state index is 11.4. The van der Waals surface area contributed by atoms with Crippen LogP contribution in [0.5, 0.6) is 0 Å². The van der Waals surface area contributed by atoms with Gasteiger partial charge in [-0.15, -0.1) is 0 Å². The highest BCUT2D eigenvalue weighted by atomic mass is 16.2. The van der Waals surface area contributed by atoms with Gasteiger partial charge in [0.05, 0.1) is 17.9 Å². The molecule has 0 aliphatic rings. The van der Waals surface area contributed by atoms with Gasteiger partial charge in [0.1, 0.15) is 0 Å². The second kappa shape index (κ2) is 4.00. The number of anilines is 1. The molecule has 4 nitrogen and oxygen atoms in total. The average Bonchev–Trinajstić information content (AvgIpc) is 2.17. The van der Waals surface area contributed by atoms with Crippen LogP contribution in [-0.4, -0.2) is 24.0 Å². The Hall–Kier alpha value is -1.42. The van der Waals surface area contributed by atoms with Crippen LogP contribution in [0.2, 0.25) is 0 Å². The zero-order valence-corrected chi connectivity index (χ0v) is 7.77. The summed E-state index contributed by atoms with van der Waals surface area (Å²) in [6.07, 6.45) is 3.29. The highest BCUT2D eigenvalue weighted by Gasteiger charge is 2.14. The molecule has 0 bridgehead atoms. The quantitative estimate of drug-likeness (QED) is 0.714. The van der Waals surface area contributed by atoms with Crippen molar-refractivity contribution in [1.82, 2.24) is 4.98 Å². The lowest BCUT2D eigenvalue weighted by atomic mass is 10.3. The number of carbonyl (C=O) groups excluding carboxylic acids is 1. The van der Waals surface area contributed by atoms with Crippen LogP contribution < -0.4 is 10.6 Å². The summed E-state index contributed by atoms with van der Waals surface area (Å²) in [4.78, 5) is 16.8. The molecule has 1 rings (SSSR count). The fourth-order valence-electron chi connectivity index (χ4n) is 0.985. The van der Waals surface area contributed by atoms with Crippen molar-refractivity contribution in [2.75, 3.05) is 11.9 Å². The minimum atomic E-state index is -0.481. The topological polar surface area (TPSA) is 59.2 Å². The van der Waals surface area contributed by atoms with Gasteiger partial charge in [-0.2, -0.15) is 0 Å². The molecule has 1 amide bonds. The van der Waals surface area contributed by atoms with Crippen LogP contribution in [0.3, 0.4) is 0 Å². The molecule has 1 aromatic heterocycles. The monoisotopic (exact) mass is 179 g/mol. The fourth-order valence-corrected chi connectivity index (χ4v) is 0.985. The van der Waals surface area contributed by atoms with Crippen molar-refractivity contribution in [1.29, 1.82) is 0 Å². The summed E-state index contributed by atoms with van der Waals surface area (Å²) in [5.74, 6) is -0.118. The molecule has 0 aliphatic heterocycles. The van der Waals surface area contributed by atoms with Crippen molar-refractivity contribution in [3.05, 3.63) is 24.5 Å². The van der Waals surface area contributed by atoms with Gasteiger partial charge in [-0.05, 0) is 19.1 Å². The molecule has 1 heterocycles. The lowest BCUT2D eigenvalue weighted by Gasteiger charge is -2.18. The molecule has 0 aromatic carbocycles. The van der Waals surface area contributed by atoms with Gasteiger partial charge >= 0.3 is 0 Å². The number of aromatic nitrogens is 1. The second-order valence-electron chi connectivity index (χ2n) is 2.90. The normalized spacial score (nSPS) is 12.2. The minimum Gasteiger partial charge on any atom is -0.320 e. The largest absolute Gasteiger partial charge is 0.320 e. The highest BCUT2D eigenvalue weighted by Crippen LogP contribution is 2.09. The molecule has 0 unspecified atom stereocenters. The van der Waals surface area contributed by atoms with Crippen LogP contribution in [0.15, 0.2) is 24.5 Å². The van der Waals surface area contributed by atoms with E-state index in [-0.39, 0.29) is 5.91 Å². The molecule has 13 heavy (non-hydrogen) atoms. The molecule has 1 aromatic rings. The van der Waals surface area contributed by atoms with Crippen molar-refractivity contribution < 1.29 is 4.79 Å². The number of pyridine rings is 1. The Labute approximate surface area is 77.4 Å². The fraction of sp³-hybridized carbons (Fsp3) is 0.333. The van der Waals surface area contributed by atoms with E-state index in [4.69, 9.17) is 5.73 Å². The van der Waals surface area contributed by atoms with E-state index in [2.05, 4.69) is 4.98 Å². The van der Waals surface area contributed by atoms with Gasteiger partial charge in [0, 0.05) is 13.2 Å². The van der Waals surface area contributed by atoms with Gasteiger partial charge in [-0.3, -0.25) is 9.78 Å². The van der Waals surface area contributed by atoms with Crippen molar-refractivity contribution in [3.63, 3.8) is 0 Å². The van der Waals surface area contributed by atoms with Gasteiger partial charge in [-0.1, -0.05) is 0 Å². The zero-order chi connectivity index (χ0) is 9.84. The molecule has 0 saturated heterocycles. The zero-order valence-electron chi connectivity index (χ0n) is 7.77. The molecule has 0 spiro atoms. The van der Waals surface area contributed by atoms with E-state index in [1.165, 1.54) is 4.90 Å². The van der Waals surface area contributed by atoms with E-state index in [0.29, 0.717) is 0 Å². The van der Waals surface area contributed by atoms with Crippen LogP contribution in [0.1, 0.15) is 6.92 Å². The Morgan fingerprint density at radius 1 is 1.69 bits per heavy atom. The van der Waals surface area contributed by atoms with Crippen LogP contribution in [-0.2, 0) is 4.79 Å². The van der Waals surface area contributed by atoms with Gasteiger partial charge in [0.2, 0.25) is 5.91 Å². The van der Waals surface area contributed by atoms with Crippen molar-refractivity contribution in [3.8, 4) is 0 Å². The first-order valence-corrected chi connectivity index (χ1v) is 4.06. The molecule has 0 aliphatic carbocycles. The standard InChI is InChI=1S/C9H13N3O/c1-7(10)9(13)12(2)8-4-3-5-11-6-8/h3-7H,10H2,1-2H3/t7-/m0/s1. The first-order valence-electron chi connectivity index (χ1n) is 4.06. The highest BCUT2D eigenvalue weighted by molar-refractivity contribution is 5.96. The Bertz CT molecular complexity index is 284. The summed E-state index contributed by atoms with van der Waals surface area (Å²) < 4.78 is 0. The van der Waals surface area contributed by atoms with E-state index in [9.17, 15) is 4.79 Å². The third-order valence-electron chi connectivity index (χ3n) is 1.75. The maximum Gasteiger partial charge on any atom is 0.243 e. The summed E-state index contributed by atoms with van der Waals surface area (Å²) in [5.41, 5.74) is 6.22. The number of likely N-dealkylation sites (N-methyl/N-ethyl adjacent to an activating group) is 1. The number of carbonyl (C=O) groups is 1. The second-order valence-corrected chi connectivity index (χ2v) is 2.90. The molecule has 4 heteroatoms. The van der Waals surface area contributed by atoms with Crippen molar-refractivity contribution in [2.45, 2.75) is 13.0 Å². The predicted molar refractivity (Wildman–Crippen MR) is 51.3 cm³/mol. The average molecular weight is 179 g/mol. The lowest BCUT2D eigenvalue weighted by molar-refractivity contribution is -0.119. The number of nitrogens with zero attached hydrogens (tertiary/aromatic N) is 2. The first-order chi connectivity index (χ1) is 6.13. The Morgan fingerprint density at radius 2 is 2.38 bits per heavy atom. The number of nitrogens with two attached hydrogens (primary N) is 1. The Balaban J connectivity index is 2.80. The number of rotatable bonds is 2. The van der Waals surface area contributed by atoms with E-state index < -0.39 is 6.04 Å². The summed E-state index contributed by atoms with van der Waals surface area (Å²) in [6, 6.07) is 3.11. The van der Waals surface area contributed by atoms with Gasteiger partial charge in [0.15, 0.2) is 0 Å². The smallest absolute Gasteiger partial charge is 0.243 e. The van der Waals surface area contributed by atoms with Gasteiger partial charge < -0.3 is 10.6 Å². The van der Waals surface area contributed by atoms with Crippen LogP contribution in [0.25, 0.3) is 0 Å². The molecule has 0 radical (unpaired) electrons. The molecular formula is C9H13N3O. The molecule has 1 atom stereocenters. The summed E-state index contributed by atoms with van der Waals surface area (Å²) in [6.45, 7) is 1.66. The Morgan fingerprint density at radius 3 is 2.85 bits per heavy atom. The third-order valence-corrected chi connectivity index (χ3v) is 1.75. The van der Waals surface area contributed by atoms with Gasteiger partial charge in [0.25, 0.3) is 0 Å². The summed E-state index contributed by atoms with van der Waals surface area (Å²) >= 11 is 0.